The number of ether oxygens (including phenoxy) is 1. The van der Waals surface area contributed by atoms with E-state index in [1.807, 2.05) is 36.5 Å². The van der Waals surface area contributed by atoms with Crippen LogP contribution in [0.25, 0.3) is 10.9 Å². The Morgan fingerprint density at radius 1 is 0.900 bits per heavy atom. The summed E-state index contributed by atoms with van der Waals surface area (Å²) in [5.74, 6) is -0.682. The van der Waals surface area contributed by atoms with Crippen molar-refractivity contribution in [2.45, 2.75) is 12.6 Å². The van der Waals surface area contributed by atoms with Crippen molar-refractivity contribution in [1.29, 1.82) is 0 Å². The van der Waals surface area contributed by atoms with Crippen molar-refractivity contribution in [2.24, 2.45) is 0 Å². The van der Waals surface area contributed by atoms with Crippen molar-refractivity contribution in [1.82, 2.24) is 9.88 Å². The number of aliphatic carboxylic acids is 1. The highest BCUT2D eigenvalue weighted by Gasteiger charge is 2.13. The number of hydrogen-bond acceptors (Lipinski definition) is 4. The molecular formula is C25H23N2O3-. The van der Waals surface area contributed by atoms with Gasteiger partial charge in [0.05, 0.1) is 17.5 Å². The molecule has 5 heteroatoms. The first-order valence-corrected chi connectivity index (χ1v) is 9.96. The van der Waals surface area contributed by atoms with Gasteiger partial charge in [-0.25, -0.2) is 0 Å². The molecule has 0 fully saturated rings. The minimum Gasteiger partial charge on any atom is -0.546 e. The molecule has 30 heavy (non-hydrogen) atoms. The molecule has 0 radical (unpaired) electrons. The van der Waals surface area contributed by atoms with Crippen LogP contribution >= 0.6 is 0 Å². The van der Waals surface area contributed by atoms with E-state index in [9.17, 15) is 9.90 Å². The molecule has 0 atom stereocenters. The van der Waals surface area contributed by atoms with E-state index in [0.29, 0.717) is 5.75 Å². The molecule has 152 valence electrons. The first-order chi connectivity index (χ1) is 14.7. The first kappa shape index (κ1) is 19.7. The second-order valence-electron chi connectivity index (χ2n) is 7.07. The lowest BCUT2D eigenvalue weighted by molar-refractivity contribution is -0.307. The Morgan fingerprint density at radius 2 is 1.57 bits per heavy atom. The van der Waals surface area contributed by atoms with Crippen molar-refractivity contribution in [3.63, 3.8) is 0 Å². The van der Waals surface area contributed by atoms with Gasteiger partial charge in [-0.15, -0.1) is 0 Å². The van der Waals surface area contributed by atoms with Gasteiger partial charge in [0, 0.05) is 24.7 Å². The maximum Gasteiger partial charge on any atom is 0.129 e. The summed E-state index contributed by atoms with van der Waals surface area (Å²) in [6.07, 6.45) is 2.00. The van der Waals surface area contributed by atoms with Crippen LogP contribution in [0.15, 0.2) is 91.1 Å². The van der Waals surface area contributed by atoms with Gasteiger partial charge in [-0.1, -0.05) is 66.7 Å². The summed E-state index contributed by atoms with van der Waals surface area (Å²) in [6, 6.07) is 28.5. The Labute approximate surface area is 175 Å². The molecule has 1 N–H and O–H groups in total. The Morgan fingerprint density at radius 3 is 2.20 bits per heavy atom. The molecule has 4 aromatic rings. The normalized spacial score (nSPS) is 11.1. The van der Waals surface area contributed by atoms with Crippen LogP contribution in [0.1, 0.15) is 17.2 Å². The standard InChI is InChI=1S/C25H24N2O3/c28-24(29)18-30-23-13-7-12-22-21(23)14-16-27(22)17-15-26-25(19-8-3-1-4-9-19)20-10-5-2-6-11-20/h1-14,16,25-26H,15,17-18H2,(H,28,29)/p-1. The molecule has 0 unspecified atom stereocenters. The highest BCUT2D eigenvalue weighted by molar-refractivity contribution is 5.86. The average molecular weight is 399 g/mol. The Bertz CT molecular complexity index is 1070. The highest BCUT2D eigenvalue weighted by atomic mass is 16.5. The van der Waals surface area contributed by atoms with Crippen LogP contribution in [-0.2, 0) is 11.3 Å². The number of carboxylic acid groups (broad SMARTS) is 1. The van der Waals surface area contributed by atoms with E-state index in [-0.39, 0.29) is 6.04 Å². The summed E-state index contributed by atoms with van der Waals surface area (Å²) in [5, 5.41) is 15.3. The van der Waals surface area contributed by atoms with E-state index in [1.165, 1.54) is 11.1 Å². The molecule has 0 saturated carbocycles. The molecule has 0 bridgehead atoms. The summed E-state index contributed by atoms with van der Waals surface area (Å²) in [7, 11) is 0. The number of carbonyl (C=O) groups excluding carboxylic acids is 1. The summed E-state index contributed by atoms with van der Waals surface area (Å²) < 4.78 is 7.50. The molecule has 0 aliphatic rings. The fourth-order valence-electron chi connectivity index (χ4n) is 3.70. The molecule has 0 aliphatic carbocycles. The second kappa shape index (κ2) is 9.29. The zero-order valence-electron chi connectivity index (χ0n) is 16.5. The lowest BCUT2D eigenvalue weighted by atomic mass is 9.99. The van der Waals surface area contributed by atoms with Crippen LogP contribution in [0.2, 0.25) is 0 Å². The van der Waals surface area contributed by atoms with Gasteiger partial charge in [0.15, 0.2) is 0 Å². The molecule has 0 amide bonds. The zero-order chi connectivity index (χ0) is 20.8. The number of carbonyl (C=O) groups is 1. The molecule has 4 rings (SSSR count). The third-order valence-electron chi connectivity index (χ3n) is 5.09. The van der Waals surface area contributed by atoms with Crippen LogP contribution in [0, 0.1) is 0 Å². The fourth-order valence-corrected chi connectivity index (χ4v) is 3.70. The van der Waals surface area contributed by atoms with Crippen LogP contribution in [0.4, 0.5) is 0 Å². The number of carboxylic acids is 1. The molecular weight excluding hydrogens is 376 g/mol. The summed E-state index contributed by atoms with van der Waals surface area (Å²) in [4.78, 5) is 10.7. The van der Waals surface area contributed by atoms with Crippen molar-refractivity contribution >= 4 is 16.9 Å². The number of hydrogen-bond donors (Lipinski definition) is 1. The van der Waals surface area contributed by atoms with Crippen molar-refractivity contribution in [3.8, 4) is 5.75 Å². The van der Waals surface area contributed by atoms with Gasteiger partial charge >= 0.3 is 0 Å². The van der Waals surface area contributed by atoms with Crippen molar-refractivity contribution in [3.05, 3.63) is 102 Å². The second-order valence-corrected chi connectivity index (χ2v) is 7.07. The van der Waals surface area contributed by atoms with E-state index >= 15 is 0 Å². The lowest BCUT2D eigenvalue weighted by Gasteiger charge is -2.20. The minimum atomic E-state index is -1.23. The maximum absolute atomic E-state index is 10.7. The van der Waals surface area contributed by atoms with Crippen LogP contribution in [0.5, 0.6) is 5.75 Å². The Balaban J connectivity index is 1.49. The predicted molar refractivity (Wildman–Crippen MR) is 115 cm³/mol. The van der Waals surface area contributed by atoms with E-state index in [1.54, 1.807) is 6.07 Å². The van der Waals surface area contributed by atoms with Gasteiger partial charge in [0.25, 0.3) is 0 Å². The molecule has 3 aromatic carbocycles. The Hall–Kier alpha value is -3.57. The Kier molecular flexibility index (Phi) is 6.11. The lowest BCUT2D eigenvalue weighted by Crippen LogP contribution is -2.28. The monoisotopic (exact) mass is 399 g/mol. The largest absolute Gasteiger partial charge is 0.546 e. The van der Waals surface area contributed by atoms with Gasteiger partial charge in [-0.2, -0.15) is 0 Å². The quantitative estimate of drug-likeness (QED) is 0.470. The summed E-state index contributed by atoms with van der Waals surface area (Å²) in [6.45, 7) is 1.08. The topological polar surface area (TPSA) is 66.3 Å². The van der Waals surface area contributed by atoms with E-state index in [4.69, 9.17) is 4.74 Å². The summed E-state index contributed by atoms with van der Waals surface area (Å²) >= 11 is 0. The number of aromatic nitrogens is 1. The average Bonchev–Trinajstić information content (AvgIpc) is 3.20. The van der Waals surface area contributed by atoms with E-state index in [2.05, 4.69) is 58.4 Å². The van der Waals surface area contributed by atoms with Crippen LogP contribution < -0.4 is 15.2 Å². The van der Waals surface area contributed by atoms with Gasteiger partial charge in [0.2, 0.25) is 0 Å². The van der Waals surface area contributed by atoms with Crippen molar-refractivity contribution in [2.75, 3.05) is 13.2 Å². The minimum absolute atomic E-state index is 0.108. The smallest absolute Gasteiger partial charge is 0.129 e. The molecule has 0 saturated heterocycles. The van der Waals surface area contributed by atoms with Gasteiger partial charge < -0.3 is 24.5 Å². The number of fused-ring (bicyclic) bond motifs is 1. The molecule has 5 nitrogen and oxygen atoms in total. The molecule has 1 heterocycles. The van der Waals surface area contributed by atoms with Crippen LogP contribution in [0.3, 0.4) is 0 Å². The molecule has 0 spiro atoms. The number of rotatable bonds is 9. The third-order valence-corrected chi connectivity index (χ3v) is 5.09. The van der Waals surface area contributed by atoms with Gasteiger partial charge in [0.1, 0.15) is 12.4 Å². The predicted octanol–water partition coefficient (Wildman–Crippen LogP) is 3.15. The van der Waals surface area contributed by atoms with E-state index < -0.39 is 12.6 Å². The van der Waals surface area contributed by atoms with E-state index in [0.717, 1.165) is 24.0 Å². The maximum atomic E-state index is 10.7. The molecule has 1 aromatic heterocycles. The summed E-state index contributed by atoms with van der Waals surface area (Å²) in [5.41, 5.74) is 3.45. The molecule has 0 aliphatic heterocycles. The number of nitrogens with one attached hydrogen (secondary N) is 1. The fraction of sp³-hybridized carbons (Fsp3) is 0.160. The number of nitrogens with zero attached hydrogens (tertiary/aromatic N) is 1. The van der Waals surface area contributed by atoms with Gasteiger partial charge in [-0.3, -0.25) is 0 Å². The van der Waals surface area contributed by atoms with Crippen molar-refractivity contribution < 1.29 is 14.6 Å². The third kappa shape index (κ3) is 4.53. The highest BCUT2D eigenvalue weighted by Crippen LogP contribution is 2.27. The SMILES string of the molecule is O=C([O-])COc1cccc2c1ccn2CCNC(c1ccccc1)c1ccccc1. The number of benzene rings is 3. The first-order valence-electron chi connectivity index (χ1n) is 9.96. The zero-order valence-corrected chi connectivity index (χ0v) is 16.5. The van der Waals surface area contributed by atoms with Gasteiger partial charge in [-0.05, 0) is 29.3 Å². The van der Waals surface area contributed by atoms with Crippen LogP contribution in [-0.4, -0.2) is 23.7 Å².